The van der Waals surface area contributed by atoms with Gasteiger partial charge in [0.1, 0.15) is 5.82 Å². The van der Waals surface area contributed by atoms with E-state index in [1.54, 1.807) is 18.2 Å². The van der Waals surface area contributed by atoms with Gasteiger partial charge in [-0.15, -0.1) is 0 Å². The highest BCUT2D eigenvalue weighted by atomic mass is 19.1. The van der Waals surface area contributed by atoms with Crippen LogP contribution < -0.4 is 15.5 Å². The Morgan fingerprint density at radius 1 is 0.879 bits per heavy atom. The minimum absolute atomic E-state index is 0.168. The van der Waals surface area contributed by atoms with Crippen LogP contribution in [0.3, 0.4) is 0 Å². The zero-order valence-corrected chi connectivity index (χ0v) is 18.7. The van der Waals surface area contributed by atoms with E-state index in [1.165, 1.54) is 24.6 Å². The largest absolute Gasteiger partial charge is 0.371 e. The molecule has 3 aromatic carbocycles. The van der Waals surface area contributed by atoms with E-state index in [0.717, 1.165) is 37.2 Å². The summed E-state index contributed by atoms with van der Waals surface area (Å²) in [6.45, 7) is 3.73. The van der Waals surface area contributed by atoms with E-state index in [4.69, 9.17) is 0 Å². The Hall–Kier alpha value is -3.67. The second-order valence-electron chi connectivity index (χ2n) is 8.35. The molecular formula is C27H28FN3O2. The molecule has 0 bridgehead atoms. The predicted molar refractivity (Wildman–Crippen MR) is 129 cm³/mol. The van der Waals surface area contributed by atoms with Crippen molar-refractivity contribution in [3.8, 4) is 0 Å². The summed E-state index contributed by atoms with van der Waals surface area (Å²) in [5, 5.41) is 5.88. The van der Waals surface area contributed by atoms with Crippen LogP contribution in [0.1, 0.15) is 58.5 Å². The summed E-state index contributed by atoms with van der Waals surface area (Å²) in [7, 11) is 0. The van der Waals surface area contributed by atoms with E-state index in [0.29, 0.717) is 11.3 Å². The Balaban J connectivity index is 1.60. The van der Waals surface area contributed by atoms with Gasteiger partial charge in [0.25, 0.3) is 11.8 Å². The molecule has 0 radical (unpaired) electrons. The summed E-state index contributed by atoms with van der Waals surface area (Å²) in [4.78, 5) is 28.2. The molecule has 1 atom stereocenters. The van der Waals surface area contributed by atoms with Gasteiger partial charge in [0.05, 0.1) is 11.6 Å². The van der Waals surface area contributed by atoms with Crippen molar-refractivity contribution in [2.75, 3.05) is 23.3 Å². The summed E-state index contributed by atoms with van der Waals surface area (Å²) in [5.74, 6) is -1.10. The second kappa shape index (κ2) is 10.3. The lowest BCUT2D eigenvalue weighted by atomic mass is 10.0. The molecule has 6 heteroatoms. The molecule has 4 rings (SSSR count). The molecule has 1 aliphatic rings. The first-order valence-corrected chi connectivity index (χ1v) is 11.3. The maximum absolute atomic E-state index is 13.5. The second-order valence-corrected chi connectivity index (χ2v) is 8.35. The summed E-state index contributed by atoms with van der Waals surface area (Å²) < 4.78 is 13.5. The van der Waals surface area contributed by atoms with Crippen LogP contribution in [0.5, 0.6) is 0 Å². The molecule has 1 unspecified atom stereocenters. The molecule has 1 heterocycles. The van der Waals surface area contributed by atoms with E-state index < -0.39 is 11.7 Å². The molecule has 1 saturated heterocycles. The number of nitrogens with one attached hydrogen (secondary N) is 2. The minimum atomic E-state index is -0.474. The van der Waals surface area contributed by atoms with Crippen molar-refractivity contribution in [1.29, 1.82) is 0 Å². The van der Waals surface area contributed by atoms with Crippen molar-refractivity contribution >= 4 is 23.2 Å². The Morgan fingerprint density at radius 2 is 1.64 bits per heavy atom. The maximum Gasteiger partial charge on any atom is 0.255 e. The molecule has 2 N–H and O–H groups in total. The monoisotopic (exact) mass is 445 g/mol. The van der Waals surface area contributed by atoms with Crippen molar-refractivity contribution in [3.63, 3.8) is 0 Å². The lowest BCUT2D eigenvalue weighted by Crippen LogP contribution is -2.33. The third kappa shape index (κ3) is 5.58. The lowest BCUT2D eigenvalue weighted by molar-refractivity contribution is 0.0939. The van der Waals surface area contributed by atoms with Gasteiger partial charge in [-0.05, 0) is 68.1 Å². The van der Waals surface area contributed by atoms with Gasteiger partial charge < -0.3 is 15.5 Å². The standard InChI is InChI=1S/C27H28FN3O2/c1-19(20-9-4-2-5-10-20)29-27(33)24-18-23(13-14-25(24)31-15-6-3-7-16-31)30-26(32)21-11-8-12-22(28)17-21/h2,4-5,8-14,17-19H,3,6-7,15-16H2,1H3,(H,29,33)(H,30,32). The van der Waals surface area contributed by atoms with E-state index >= 15 is 0 Å². The number of benzene rings is 3. The number of nitrogens with zero attached hydrogens (tertiary/aromatic N) is 1. The van der Waals surface area contributed by atoms with Gasteiger partial charge in [-0.25, -0.2) is 4.39 Å². The third-order valence-electron chi connectivity index (χ3n) is 5.93. The van der Waals surface area contributed by atoms with Crippen LogP contribution in [0, 0.1) is 5.82 Å². The molecule has 5 nitrogen and oxygen atoms in total. The molecule has 0 aromatic heterocycles. The van der Waals surface area contributed by atoms with E-state index in [-0.39, 0.29) is 17.5 Å². The van der Waals surface area contributed by atoms with Crippen molar-refractivity contribution in [2.24, 2.45) is 0 Å². The maximum atomic E-state index is 13.5. The first kappa shape index (κ1) is 22.5. The first-order chi connectivity index (χ1) is 16.0. The van der Waals surface area contributed by atoms with Gasteiger partial charge in [0.2, 0.25) is 0 Å². The average Bonchev–Trinajstić information content (AvgIpc) is 2.85. The molecule has 1 fully saturated rings. The summed E-state index contributed by atoms with van der Waals surface area (Å²) >= 11 is 0. The van der Waals surface area contributed by atoms with Gasteiger partial charge >= 0.3 is 0 Å². The van der Waals surface area contributed by atoms with Crippen LogP contribution in [-0.4, -0.2) is 24.9 Å². The van der Waals surface area contributed by atoms with Crippen LogP contribution in [-0.2, 0) is 0 Å². The van der Waals surface area contributed by atoms with Crippen LogP contribution in [0.2, 0.25) is 0 Å². The molecule has 1 aliphatic heterocycles. The van der Waals surface area contributed by atoms with Crippen LogP contribution in [0.25, 0.3) is 0 Å². The fraction of sp³-hybridized carbons (Fsp3) is 0.259. The van der Waals surface area contributed by atoms with Crippen molar-refractivity contribution in [1.82, 2.24) is 5.32 Å². The zero-order valence-electron chi connectivity index (χ0n) is 18.7. The topological polar surface area (TPSA) is 61.4 Å². The van der Waals surface area contributed by atoms with E-state index in [9.17, 15) is 14.0 Å². The SMILES string of the molecule is CC(NC(=O)c1cc(NC(=O)c2cccc(F)c2)ccc1N1CCCCC1)c1ccccc1. The van der Waals surface area contributed by atoms with Gasteiger partial charge in [-0.1, -0.05) is 36.4 Å². The molecular weight excluding hydrogens is 417 g/mol. The number of halogens is 1. The number of amides is 2. The molecule has 0 aliphatic carbocycles. The van der Waals surface area contributed by atoms with Crippen molar-refractivity contribution in [3.05, 3.63) is 95.3 Å². The Kier molecular flexibility index (Phi) is 7.03. The number of hydrogen-bond acceptors (Lipinski definition) is 3. The first-order valence-electron chi connectivity index (χ1n) is 11.3. The fourth-order valence-electron chi connectivity index (χ4n) is 4.14. The highest BCUT2D eigenvalue weighted by Gasteiger charge is 2.21. The Bertz CT molecular complexity index is 1130. The molecule has 33 heavy (non-hydrogen) atoms. The molecule has 2 amide bonds. The number of carbonyl (C=O) groups is 2. The van der Waals surface area contributed by atoms with Crippen molar-refractivity contribution in [2.45, 2.75) is 32.2 Å². The summed E-state index contributed by atoms with van der Waals surface area (Å²) in [6.07, 6.45) is 3.35. The lowest BCUT2D eigenvalue weighted by Gasteiger charge is -2.31. The van der Waals surface area contributed by atoms with Crippen molar-refractivity contribution < 1.29 is 14.0 Å². The predicted octanol–water partition coefficient (Wildman–Crippen LogP) is 5.56. The Morgan fingerprint density at radius 3 is 2.36 bits per heavy atom. The number of anilines is 2. The molecule has 3 aromatic rings. The molecule has 170 valence electrons. The van der Waals surface area contributed by atoms with Crippen LogP contribution in [0.15, 0.2) is 72.8 Å². The number of carbonyl (C=O) groups excluding carboxylic acids is 2. The van der Waals surface area contributed by atoms with Gasteiger partial charge in [-0.3, -0.25) is 9.59 Å². The van der Waals surface area contributed by atoms with Gasteiger partial charge in [0.15, 0.2) is 0 Å². The van der Waals surface area contributed by atoms with Gasteiger partial charge in [0, 0.05) is 30.0 Å². The van der Waals surface area contributed by atoms with Gasteiger partial charge in [-0.2, -0.15) is 0 Å². The molecule has 0 spiro atoms. The number of piperidine rings is 1. The third-order valence-corrected chi connectivity index (χ3v) is 5.93. The normalized spacial score (nSPS) is 14.4. The summed E-state index contributed by atoms with van der Waals surface area (Å²) in [6, 6.07) is 20.5. The van der Waals surface area contributed by atoms with E-state index in [2.05, 4.69) is 15.5 Å². The highest BCUT2D eigenvalue weighted by molar-refractivity contribution is 6.06. The van der Waals surface area contributed by atoms with E-state index in [1.807, 2.05) is 43.3 Å². The number of hydrogen-bond donors (Lipinski definition) is 2. The smallest absolute Gasteiger partial charge is 0.255 e. The Labute approximate surface area is 193 Å². The zero-order chi connectivity index (χ0) is 23.2. The summed E-state index contributed by atoms with van der Waals surface area (Å²) in [5.41, 5.74) is 3.09. The van der Waals surface area contributed by atoms with Crippen LogP contribution >= 0.6 is 0 Å². The fourth-order valence-corrected chi connectivity index (χ4v) is 4.14. The average molecular weight is 446 g/mol. The highest BCUT2D eigenvalue weighted by Crippen LogP contribution is 2.28. The molecule has 0 saturated carbocycles. The van der Waals surface area contributed by atoms with Crippen LogP contribution in [0.4, 0.5) is 15.8 Å². The quantitative estimate of drug-likeness (QED) is 0.522. The minimum Gasteiger partial charge on any atom is -0.371 e. The number of rotatable bonds is 6.